The van der Waals surface area contributed by atoms with Gasteiger partial charge in [0.25, 0.3) is 10.2 Å². The van der Waals surface area contributed by atoms with Crippen molar-refractivity contribution in [3.8, 4) is 0 Å². The van der Waals surface area contributed by atoms with E-state index in [1.807, 2.05) is 13.8 Å². The molecule has 0 saturated carbocycles. The number of piperidine rings is 1. The van der Waals surface area contributed by atoms with Gasteiger partial charge < -0.3 is 5.11 Å². The molecule has 0 amide bonds. The highest BCUT2D eigenvalue weighted by Crippen LogP contribution is 2.38. The summed E-state index contributed by atoms with van der Waals surface area (Å²) < 4.78 is 28.6. The molecule has 0 aliphatic carbocycles. The maximum Gasteiger partial charge on any atom is 0.325 e. The van der Waals surface area contributed by atoms with Gasteiger partial charge in [-0.15, -0.1) is 0 Å². The average Bonchev–Trinajstić information content (AvgIpc) is 2.85. The van der Waals surface area contributed by atoms with E-state index in [-0.39, 0.29) is 0 Å². The first-order valence-corrected chi connectivity index (χ1v) is 9.25. The first-order chi connectivity index (χ1) is 9.84. The highest BCUT2D eigenvalue weighted by Gasteiger charge is 2.53. The van der Waals surface area contributed by atoms with Crippen molar-refractivity contribution in [1.82, 2.24) is 8.61 Å². The number of aliphatic carboxylic acids is 1. The number of carbonyl (C=O) groups is 1. The second-order valence-corrected chi connectivity index (χ2v) is 8.23. The molecule has 2 heterocycles. The molecule has 0 radical (unpaired) electrons. The summed E-state index contributed by atoms with van der Waals surface area (Å²) >= 11 is 0. The molecule has 0 aromatic rings. The van der Waals surface area contributed by atoms with E-state index in [1.165, 1.54) is 8.61 Å². The molecule has 1 N–H and O–H groups in total. The lowest BCUT2D eigenvalue weighted by atomic mass is 9.92. The number of rotatable bonds is 5. The van der Waals surface area contributed by atoms with Crippen molar-refractivity contribution in [2.24, 2.45) is 5.92 Å². The topological polar surface area (TPSA) is 77.9 Å². The van der Waals surface area contributed by atoms with Crippen LogP contribution in [-0.2, 0) is 15.0 Å². The molecule has 2 fully saturated rings. The minimum atomic E-state index is -3.68. The van der Waals surface area contributed by atoms with Crippen LogP contribution in [0.4, 0.5) is 0 Å². The molecule has 2 unspecified atom stereocenters. The van der Waals surface area contributed by atoms with Crippen LogP contribution < -0.4 is 0 Å². The Morgan fingerprint density at radius 3 is 2.62 bits per heavy atom. The van der Waals surface area contributed by atoms with Crippen LogP contribution in [0.25, 0.3) is 0 Å². The molecule has 0 aromatic carbocycles. The Kier molecular flexibility index (Phi) is 4.95. The zero-order valence-corrected chi connectivity index (χ0v) is 13.7. The number of hydrogen-bond acceptors (Lipinski definition) is 3. The van der Waals surface area contributed by atoms with Crippen molar-refractivity contribution in [2.45, 2.75) is 57.9 Å². The molecular weight excluding hydrogens is 292 g/mol. The second kappa shape index (κ2) is 6.22. The third kappa shape index (κ3) is 2.96. The molecule has 0 spiro atoms. The van der Waals surface area contributed by atoms with Crippen LogP contribution in [0.2, 0.25) is 0 Å². The molecule has 122 valence electrons. The molecule has 2 aliphatic heterocycles. The van der Waals surface area contributed by atoms with Crippen LogP contribution in [0.5, 0.6) is 0 Å². The van der Waals surface area contributed by atoms with Gasteiger partial charge in [-0.3, -0.25) is 4.79 Å². The highest BCUT2D eigenvalue weighted by atomic mass is 32.2. The van der Waals surface area contributed by atoms with Crippen molar-refractivity contribution in [2.75, 3.05) is 19.6 Å². The van der Waals surface area contributed by atoms with Crippen LogP contribution in [0.3, 0.4) is 0 Å². The van der Waals surface area contributed by atoms with Crippen molar-refractivity contribution >= 4 is 16.2 Å². The molecule has 0 bridgehead atoms. The van der Waals surface area contributed by atoms with Gasteiger partial charge >= 0.3 is 5.97 Å². The van der Waals surface area contributed by atoms with E-state index in [4.69, 9.17) is 0 Å². The molecule has 2 aliphatic rings. The van der Waals surface area contributed by atoms with E-state index >= 15 is 0 Å². The van der Waals surface area contributed by atoms with Crippen LogP contribution in [0.15, 0.2) is 0 Å². The number of carboxylic acid groups (broad SMARTS) is 1. The summed E-state index contributed by atoms with van der Waals surface area (Å²) in [5.74, 6) is -0.669. The van der Waals surface area contributed by atoms with Crippen LogP contribution in [0, 0.1) is 5.92 Å². The number of hydrogen-bond donors (Lipinski definition) is 1. The lowest BCUT2D eigenvalue weighted by Crippen LogP contribution is -2.58. The Hall–Kier alpha value is -0.660. The van der Waals surface area contributed by atoms with Gasteiger partial charge in [0.1, 0.15) is 5.54 Å². The first kappa shape index (κ1) is 16.7. The zero-order chi connectivity index (χ0) is 15.7. The summed E-state index contributed by atoms with van der Waals surface area (Å²) in [7, 11) is -3.68. The van der Waals surface area contributed by atoms with Gasteiger partial charge in [-0.2, -0.15) is 17.0 Å². The fourth-order valence-electron chi connectivity index (χ4n) is 3.67. The second-order valence-electron chi connectivity index (χ2n) is 6.38. The molecule has 2 rings (SSSR count). The van der Waals surface area contributed by atoms with E-state index in [2.05, 4.69) is 0 Å². The van der Waals surface area contributed by atoms with E-state index < -0.39 is 21.7 Å². The summed E-state index contributed by atoms with van der Waals surface area (Å²) in [6.07, 6.45) is 3.96. The van der Waals surface area contributed by atoms with E-state index in [1.54, 1.807) is 0 Å². The number of carboxylic acids is 1. The third-order valence-electron chi connectivity index (χ3n) is 4.72. The van der Waals surface area contributed by atoms with Crippen LogP contribution >= 0.6 is 0 Å². The van der Waals surface area contributed by atoms with Crippen molar-refractivity contribution in [3.63, 3.8) is 0 Å². The Bertz CT molecular complexity index is 493. The Morgan fingerprint density at radius 2 is 2.05 bits per heavy atom. The highest BCUT2D eigenvalue weighted by molar-refractivity contribution is 7.86. The summed E-state index contributed by atoms with van der Waals surface area (Å²) in [6, 6.07) is 0. The first-order valence-electron chi connectivity index (χ1n) is 7.86. The fraction of sp³-hybridized carbons (Fsp3) is 0.929. The van der Waals surface area contributed by atoms with Gasteiger partial charge in [0.2, 0.25) is 0 Å². The summed E-state index contributed by atoms with van der Waals surface area (Å²) in [6.45, 7) is 5.27. The summed E-state index contributed by atoms with van der Waals surface area (Å²) in [5, 5.41) is 9.65. The van der Waals surface area contributed by atoms with Crippen LogP contribution in [0.1, 0.15) is 52.4 Å². The third-order valence-corrected chi connectivity index (χ3v) is 6.79. The zero-order valence-electron chi connectivity index (χ0n) is 12.9. The van der Waals surface area contributed by atoms with Crippen molar-refractivity contribution < 1.29 is 18.3 Å². The minimum Gasteiger partial charge on any atom is -0.480 e. The lowest BCUT2D eigenvalue weighted by Gasteiger charge is -2.39. The molecule has 7 heteroatoms. The maximum atomic E-state index is 12.9. The van der Waals surface area contributed by atoms with Gasteiger partial charge in [-0.05, 0) is 38.0 Å². The smallest absolute Gasteiger partial charge is 0.325 e. The quantitative estimate of drug-likeness (QED) is 0.836. The molecule has 6 nitrogen and oxygen atoms in total. The summed E-state index contributed by atoms with van der Waals surface area (Å²) in [4.78, 5) is 11.8. The lowest BCUT2D eigenvalue weighted by molar-refractivity contribution is -0.147. The van der Waals surface area contributed by atoms with Gasteiger partial charge in [-0.25, -0.2) is 0 Å². The summed E-state index contributed by atoms with van der Waals surface area (Å²) in [5.41, 5.74) is -1.24. The van der Waals surface area contributed by atoms with Crippen molar-refractivity contribution in [1.29, 1.82) is 0 Å². The van der Waals surface area contributed by atoms with E-state index in [9.17, 15) is 18.3 Å². The molecule has 2 saturated heterocycles. The largest absolute Gasteiger partial charge is 0.480 e. The Labute approximate surface area is 127 Å². The van der Waals surface area contributed by atoms with Gasteiger partial charge in [0.15, 0.2) is 0 Å². The van der Waals surface area contributed by atoms with Gasteiger partial charge in [-0.1, -0.05) is 20.3 Å². The van der Waals surface area contributed by atoms with Gasteiger partial charge in [0, 0.05) is 19.6 Å². The predicted molar refractivity (Wildman–Crippen MR) is 80.1 cm³/mol. The monoisotopic (exact) mass is 318 g/mol. The fourth-order valence-corrected chi connectivity index (χ4v) is 5.81. The van der Waals surface area contributed by atoms with E-state index in [0.717, 1.165) is 12.8 Å². The Morgan fingerprint density at radius 1 is 1.33 bits per heavy atom. The van der Waals surface area contributed by atoms with Crippen molar-refractivity contribution in [3.05, 3.63) is 0 Å². The molecule has 0 aromatic heterocycles. The predicted octanol–water partition coefficient (Wildman–Crippen LogP) is 1.68. The average molecular weight is 318 g/mol. The molecule has 21 heavy (non-hydrogen) atoms. The van der Waals surface area contributed by atoms with Crippen LogP contribution in [-0.4, -0.2) is 53.3 Å². The molecular formula is C14H26N2O4S. The Balaban J connectivity index is 2.31. The SMILES string of the molecule is CCCC1(C(=O)O)CCCN1S(=O)(=O)N1CCCC(C)C1. The normalized spacial score (nSPS) is 32.4. The number of nitrogens with zero attached hydrogens (tertiary/aromatic N) is 2. The van der Waals surface area contributed by atoms with Gasteiger partial charge in [0.05, 0.1) is 0 Å². The maximum absolute atomic E-state index is 12.9. The van der Waals surface area contributed by atoms with E-state index in [0.29, 0.717) is 51.2 Å². The standard InChI is InChI=1S/C14H26N2O4S/c1-3-7-14(13(17)18)8-5-10-16(14)21(19,20)15-9-4-6-12(2)11-15/h12H,3-11H2,1-2H3,(H,17,18). The minimum absolute atomic E-state index is 0.319. The molecule has 2 atom stereocenters.